The van der Waals surface area contributed by atoms with Crippen LogP contribution in [-0.2, 0) is 0 Å². The number of carbonyl (C=O) groups is 1. The van der Waals surface area contributed by atoms with Gasteiger partial charge < -0.3 is 25.4 Å². The third kappa shape index (κ3) is 4.11. The smallest absolute Gasteiger partial charge is 0.319 e. The van der Waals surface area contributed by atoms with Crippen molar-refractivity contribution in [2.45, 2.75) is 0 Å². The summed E-state index contributed by atoms with van der Waals surface area (Å²) in [6.07, 6.45) is 0. The summed E-state index contributed by atoms with van der Waals surface area (Å²) in [6, 6.07) is 12.4. The van der Waals surface area contributed by atoms with Crippen LogP contribution in [0.3, 0.4) is 0 Å². The Labute approximate surface area is 165 Å². The monoisotopic (exact) mass is 393 g/mol. The highest BCUT2D eigenvalue weighted by molar-refractivity contribution is 5.89. The van der Waals surface area contributed by atoms with E-state index in [1.54, 1.807) is 18.2 Å². The highest BCUT2D eigenvalue weighted by atomic mass is 19.1. The molecule has 1 aliphatic heterocycles. The zero-order valence-corrected chi connectivity index (χ0v) is 15.2. The van der Waals surface area contributed by atoms with Crippen molar-refractivity contribution >= 4 is 28.4 Å². The molecule has 146 valence electrons. The second-order valence-electron chi connectivity index (χ2n) is 6.21. The number of amides is 2. The number of carbonyl (C=O) groups excluding carboxylic acids is 1. The maximum atomic E-state index is 12.9. The molecule has 4 rings (SSSR count). The lowest BCUT2D eigenvalue weighted by Crippen LogP contribution is -2.32. The molecule has 2 aromatic carbocycles. The van der Waals surface area contributed by atoms with E-state index in [1.165, 1.54) is 24.3 Å². The van der Waals surface area contributed by atoms with Gasteiger partial charge in [0.25, 0.3) is 0 Å². The van der Waals surface area contributed by atoms with Crippen LogP contribution < -0.4 is 25.4 Å². The predicted molar refractivity (Wildman–Crippen MR) is 104 cm³/mol. The highest BCUT2D eigenvalue weighted by Gasteiger charge is 2.16. The van der Waals surface area contributed by atoms with Gasteiger partial charge in [0.15, 0.2) is 11.5 Å². The molecule has 0 spiro atoms. The van der Waals surface area contributed by atoms with Gasteiger partial charge in [-0.2, -0.15) is 5.26 Å². The number of rotatable bonds is 5. The van der Waals surface area contributed by atoms with Crippen molar-refractivity contribution in [3.05, 3.63) is 53.8 Å². The Balaban J connectivity index is 1.36. The Bertz CT molecular complexity index is 1110. The summed E-state index contributed by atoms with van der Waals surface area (Å²) in [5, 5.41) is 18.5. The van der Waals surface area contributed by atoms with E-state index in [4.69, 9.17) is 9.47 Å². The van der Waals surface area contributed by atoms with E-state index >= 15 is 0 Å². The molecular formula is C20H16FN5O3. The van der Waals surface area contributed by atoms with E-state index in [2.05, 4.69) is 27.0 Å². The van der Waals surface area contributed by atoms with Crippen LogP contribution in [0.5, 0.6) is 11.5 Å². The Morgan fingerprint density at radius 1 is 1.14 bits per heavy atom. The summed E-state index contributed by atoms with van der Waals surface area (Å²) >= 11 is 0. The number of pyridine rings is 1. The fourth-order valence-corrected chi connectivity index (χ4v) is 2.85. The van der Waals surface area contributed by atoms with Crippen molar-refractivity contribution in [1.82, 2.24) is 10.3 Å². The minimum atomic E-state index is -0.418. The van der Waals surface area contributed by atoms with E-state index in [9.17, 15) is 14.4 Å². The normalized spacial score (nSPS) is 11.7. The van der Waals surface area contributed by atoms with E-state index in [1.807, 2.05) is 0 Å². The number of halogens is 1. The molecule has 0 bridgehead atoms. The Kier molecular flexibility index (Phi) is 4.99. The zero-order chi connectivity index (χ0) is 20.2. The number of urea groups is 1. The first-order chi connectivity index (χ1) is 14.1. The quantitative estimate of drug-likeness (QED) is 0.575. The Hall–Kier alpha value is -4.06. The Morgan fingerprint density at radius 2 is 1.90 bits per heavy atom. The number of hydrogen-bond donors (Lipinski definition) is 3. The number of aromatic nitrogens is 1. The van der Waals surface area contributed by atoms with Gasteiger partial charge in [0.05, 0.1) is 11.1 Å². The van der Waals surface area contributed by atoms with Gasteiger partial charge in [-0.15, -0.1) is 0 Å². The van der Waals surface area contributed by atoms with Crippen molar-refractivity contribution < 1.29 is 18.7 Å². The number of nitrogens with zero attached hydrogens (tertiary/aromatic N) is 2. The second-order valence-corrected chi connectivity index (χ2v) is 6.21. The molecule has 0 saturated heterocycles. The summed E-state index contributed by atoms with van der Waals surface area (Å²) in [6.45, 7) is 0.806. The van der Waals surface area contributed by atoms with Crippen LogP contribution in [0.1, 0.15) is 5.56 Å². The first-order valence-corrected chi connectivity index (χ1v) is 8.81. The molecular weight excluding hydrogens is 377 g/mol. The number of nitrogens with one attached hydrogen (secondary N) is 3. The van der Waals surface area contributed by atoms with E-state index in [0.29, 0.717) is 47.2 Å². The molecule has 9 heteroatoms. The highest BCUT2D eigenvalue weighted by Crippen LogP contribution is 2.36. The predicted octanol–water partition coefficient (Wildman–Crippen LogP) is 3.21. The standard InChI is InChI=1S/C20H16FN5O3/c21-14-1-3-15(4-2-14)25-20(27)24-6-5-23-19-13(10-22)7-12-8-17-18(29-11-28-17)9-16(12)26-19/h1-4,7-9H,5-6,11H2,(H,23,26)(H2,24,25,27). The van der Waals surface area contributed by atoms with Crippen LogP contribution in [0, 0.1) is 17.1 Å². The van der Waals surface area contributed by atoms with Gasteiger partial charge in [-0.25, -0.2) is 14.2 Å². The third-order valence-corrected chi connectivity index (χ3v) is 4.23. The lowest BCUT2D eigenvalue weighted by molar-refractivity contribution is 0.174. The van der Waals surface area contributed by atoms with E-state index < -0.39 is 6.03 Å². The van der Waals surface area contributed by atoms with Gasteiger partial charge in [-0.3, -0.25) is 0 Å². The van der Waals surface area contributed by atoms with Crippen molar-refractivity contribution in [3.8, 4) is 17.6 Å². The SMILES string of the molecule is N#Cc1cc2cc3c(cc2nc1NCCNC(=O)Nc1ccc(F)cc1)OCO3. The summed E-state index contributed by atoms with van der Waals surface area (Å²) in [5.41, 5.74) is 1.53. The third-order valence-electron chi connectivity index (χ3n) is 4.23. The first kappa shape index (κ1) is 18.3. The van der Waals surface area contributed by atoms with Crippen LogP contribution in [0.2, 0.25) is 0 Å². The van der Waals surface area contributed by atoms with Crippen LogP contribution >= 0.6 is 0 Å². The number of benzene rings is 2. The number of nitriles is 1. The van der Waals surface area contributed by atoms with Gasteiger partial charge in [0, 0.05) is 30.2 Å². The molecule has 3 N–H and O–H groups in total. The lowest BCUT2D eigenvalue weighted by Gasteiger charge is -2.11. The first-order valence-electron chi connectivity index (χ1n) is 8.81. The largest absolute Gasteiger partial charge is 0.454 e. The fourth-order valence-electron chi connectivity index (χ4n) is 2.85. The summed E-state index contributed by atoms with van der Waals surface area (Å²) < 4.78 is 23.6. The molecule has 8 nitrogen and oxygen atoms in total. The van der Waals surface area contributed by atoms with Gasteiger partial charge in [-0.05, 0) is 36.4 Å². The van der Waals surface area contributed by atoms with Crippen LogP contribution in [-0.4, -0.2) is 30.9 Å². The van der Waals surface area contributed by atoms with Crippen molar-refractivity contribution in [2.24, 2.45) is 0 Å². The van der Waals surface area contributed by atoms with E-state index in [0.717, 1.165) is 5.39 Å². The van der Waals surface area contributed by atoms with Crippen molar-refractivity contribution in [2.75, 3.05) is 30.5 Å². The van der Waals surface area contributed by atoms with Gasteiger partial charge >= 0.3 is 6.03 Å². The van der Waals surface area contributed by atoms with Crippen LogP contribution in [0.15, 0.2) is 42.5 Å². The molecule has 1 aromatic heterocycles. The van der Waals surface area contributed by atoms with E-state index in [-0.39, 0.29) is 12.6 Å². The number of hydrogen-bond acceptors (Lipinski definition) is 6. The fraction of sp³-hybridized carbons (Fsp3) is 0.150. The summed E-state index contributed by atoms with van der Waals surface area (Å²) in [5.74, 6) is 1.28. The molecule has 0 radical (unpaired) electrons. The molecule has 0 fully saturated rings. The van der Waals surface area contributed by atoms with Gasteiger partial charge in [0.1, 0.15) is 17.7 Å². The zero-order valence-electron chi connectivity index (χ0n) is 15.2. The maximum Gasteiger partial charge on any atom is 0.319 e. The van der Waals surface area contributed by atoms with Crippen LogP contribution in [0.4, 0.5) is 20.7 Å². The topological polar surface area (TPSA) is 108 Å². The molecule has 0 atom stereocenters. The molecule has 0 aliphatic carbocycles. The summed E-state index contributed by atoms with van der Waals surface area (Å²) in [4.78, 5) is 16.4. The molecule has 2 heterocycles. The second kappa shape index (κ2) is 7.90. The average molecular weight is 393 g/mol. The van der Waals surface area contributed by atoms with Crippen molar-refractivity contribution in [3.63, 3.8) is 0 Å². The molecule has 0 saturated carbocycles. The molecule has 2 amide bonds. The minimum absolute atomic E-state index is 0.160. The summed E-state index contributed by atoms with van der Waals surface area (Å²) in [7, 11) is 0. The Morgan fingerprint density at radius 3 is 2.66 bits per heavy atom. The van der Waals surface area contributed by atoms with Gasteiger partial charge in [-0.1, -0.05) is 0 Å². The molecule has 1 aliphatic rings. The maximum absolute atomic E-state index is 12.9. The lowest BCUT2D eigenvalue weighted by atomic mass is 10.1. The number of fused-ring (bicyclic) bond motifs is 2. The van der Waals surface area contributed by atoms with Crippen LogP contribution in [0.25, 0.3) is 10.9 Å². The number of anilines is 2. The minimum Gasteiger partial charge on any atom is -0.454 e. The number of ether oxygens (including phenoxy) is 2. The van der Waals surface area contributed by atoms with Gasteiger partial charge in [0.2, 0.25) is 6.79 Å². The molecule has 0 unspecified atom stereocenters. The molecule has 29 heavy (non-hydrogen) atoms. The van der Waals surface area contributed by atoms with Crippen molar-refractivity contribution in [1.29, 1.82) is 5.26 Å². The average Bonchev–Trinajstić information content (AvgIpc) is 3.17. The molecule has 3 aromatic rings.